The van der Waals surface area contributed by atoms with Crippen LogP contribution in [0.25, 0.3) is 0 Å². The maximum atomic E-state index is 13.2. The molecule has 42 heavy (non-hydrogen) atoms. The standard InChI is InChI=1S/C34H34N2O5S/c1-3-41-34(38)29-14-18-32(19-15-29)42(39,40)31-16-12-26(13-17-31)20-25(2)36(23-27-8-5-4-6-9-27)24-33(37)30-11-7-10-28(21-30)22-35/h4-19,21,25,33,37H,3,20,23-24H2,1-2H3/t25-,33-/m1/s1. The van der Waals surface area contributed by atoms with Crippen molar-refractivity contribution in [1.82, 2.24) is 4.90 Å². The Balaban J connectivity index is 1.49. The van der Waals surface area contributed by atoms with Gasteiger partial charge in [-0.2, -0.15) is 5.26 Å². The summed E-state index contributed by atoms with van der Waals surface area (Å²) in [6, 6.07) is 31.7. The van der Waals surface area contributed by atoms with Gasteiger partial charge >= 0.3 is 5.97 Å². The number of carbonyl (C=O) groups excluding carboxylic acids is 1. The Morgan fingerprint density at radius 1 is 0.905 bits per heavy atom. The molecule has 0 bridgehead atoms. The molecular weight excluding hydrogens is 548 g/mol. The molecule has 1 N–H and O–H groups in total. The van der Waals surface area contributed by atoms with Gasteiger partial charge in [0.1, 0.15) is 0 Å². The molecule has 4 rings (SSSR count). The molecule has 0 saturated heterocycles. The van der Waals surface area contributed by atoms with E-state index in [4.69, 9.17) is 4.74 Å². The minimum atomic E-state index is -3.77. The van der Waals surface area contributed by atoms with Crippen molar-refractivity contribution in [3.05, 3.63) is 131 Å². The van der Waals surface area contributed by atoms with Crippen molar-refractivity contribution in [1.29, 1.82) is 5.26 Å². The fourth-order valence-electron chi connectivity index (χ4n) is 4.76. The highest BCUT2D eigenvalue weighted by Crippen LogP contribution is 2.24. The third-order valence-electron chi connectivity index (χ3n) is 7.10. The monoisotopic (exact) mass is 582 g/mol. The summed E-state index contributed by atoms with van der Waals surface area (Å²) < 4.78 is 31.4. The third kappa shape index (κ3) is 7.71. The van der Waals surface area contributed by atoms with Crippen molar-refractivity contribution in [2.75, 3.05) is 13.2 Å². The lowest BCUT2D eigenvalue weighted by Gasteiger charge is -2.31. The van der Waals surface area contributed by atoms with Gasteiger partial charge in [-0.25, -0.2) is 13.2 Å². The molecular formula is C34H34N2O5S. The average Bonchev–Trinajstić information content (AvgIpc) is 3.01. The SMILES string of the molecule is CCOC(=O)c1ccc(S(=O)(=O)c2ccc(C[C@@H](C)N(Cc3ccccc3)C[C@@H](O)c3cccc(C#N)c3)cc2)cc1. The van der Waals surface area contributed by atoms with E-state index in [1.54, 1.807) is 37.3 Å². The van der Waals surface area contributed by atoms with Gasteiger partial charge in [-0.15, -0.1) is 0 Å². The Labute approximate surface area is 247 Å². The Morgan fingerprint density at radius 2 is 1.55 bits per heavy atom. The van der Waals surface area contributed by atoms with Crippen molar-refractivity contribution >= 4 is 15.8 Å². The number of rotatable bonds is 12. The van der Waals surface area contributed by atoms with Crippen LogP contribution in [0.15, 0.2) is 113 Å². The summed E-state index contributed by atoms with van der Waals surface area (Å²) in [5.74, 6) is -0.496. The van der Waals surface area contributed by atoms with E-state index < -0.39 is 21.9 Å². The topological polar surface area (TPSA) is 108 Å². The van der Waals surface area contributed by atoms with E-state index >= 15 is 0 Å². The lowest BCUT2D eigenvalue weighted by molar-refractivity contribution is 0.0526. The highest BCUT2D eigenvalue weighted by Gasteiger charge is 2.22. The molecule has 2 atom stereocenters. The number of nitrogens with zero attached hydrogens (tertiary/aromatic N) is 2. The number of hydrogen-bond acceptors (Lipinski definition) is 7. The second-order valence-corrected chi connectivity index (χ2v) is 12.1. The Kier molecular flexibility index (Phi) is 10.3. The van der Waals surface area contributed by atoms with Crippen molar-refractivity contribution in [2.45, 2.75) is 48.7 Å². The van der Waals surface area contributed by atoms with Crippen LogP contribution in [0, 0.1) is 11.3 Å². The number of ether oxygens (including phenoxy) is 1. The van der Waals surface area contributed by atoms with Crippen molar-refractivity contribution in [3.8, 4) is 6.07 Å². The predicted octanol–water partition coefficient (Wildman–Crippen LogP) is 5.73. The fourth-order valence-corrected chi connectivity index (χ4v) is 6.02. The first-order valence-corrected chi connectivity index (χ1v) is 15.3. The van der Waals surface area contributed by atoms with Gasteiger partial charge in [0, 0.05) is 19.1 Å². The molecule has 0 aliphatic carbocycles. The van der Waals surface area contributed by atoms with Gasteiger partial charge in [-0.05, 0) is 85.5 Å². The molecule has 0 aromatic heterocycles. The minimum Gasteiger partial charge on any atom is -0.462 e. The number of aliphatic hydroxyl groups excluding tert-OH is 1. The van der Waals surface area contributed by atoms with Crippen LogP contribution in [0.1, 0.15) is 52.6 Å². The highest BCUT2D eigenvalue weighted by molar-refractivity contribution is 7.91. The van der Waals surface area contributed by atoms with Crippen LogP contribution in [-0.2, 0) is 27.5 Å². The van der Waals surface area contributed by atoms with Crippen LogP contribution in [0.3, 0.4) is 0 Å². The van der Waals surface area contributed by atoms with Crippen LogP contribution in [0.2, 0.25) is 0 Å². The minimum absolute atomic E-state index is 0.0110. The zero-order valence-electron chi connectivity index (χ0n) is 23.7. The molecule has 216 valence electrons. The summed E-state index contributed by atoms with van der Waals surface area (Å²) in [6.07, 6.45) is -0.154. The van der Waals surface area contributed by atoms with Gasteiger partial charge in [-0.3, -0.25) is 4.90 Å². The van der Waals surface area contributed by atoms with Gasteiger partial charge in [-0.1, -0.05) is 54.6 Å². The smallest absolute Gasteiger partial charge is 0.338 e. The van der Waals surface area contributed by atoms with Crippen LogP contribution < -0.4 is 0 Å². The second kappa shape index (κ2) is 14.1. The van der Waals surface area contributed by atoms with E-state index in [1.807, 2.05) is 48.5 Å². The first-order chi connectivity index (χ1) is 20.2. The molecule has 0 unspecified atom stereocenters. The molecule has 0 fully saturated rings. The summed E-state index contributed by atoms with van der Waals surface area (Å²) in [5, 5.41) is 20.3. The number of esters is 1. The maximum Gasteiger partial charge on any atom is 0.338 e. The maximum absolute atomic E-state index is 13.2. The normalized spacial score (nSPS) is 12.8. The second-order valence-electron chi connectivity index (χ2n) is 10.1. The number of sulfone groups is 1. The molecule has 0 heterocycles. The molecule has 0 amide bonds. The predicted molar refractivity (Wildman–Crippen MR) is 160 cm³/mol. The molecule has 0 spiro atoms. The Hall–Kier alpha value is -4.29. The van der Waals surface area contributed by atoms with E-state index in [2.05, 4.69) is 17.9 Å². The van der Waals surface area contributed by atoms with Gasteiger partial charge in [0.2, 0.25) is 9.84 Å². The summed E-state index contributed by atoms with van der Waals surface area (Å²) >= 11 is 0. The number of carbonyl (C=O) groups is 1. The van der Waals surface area contributed by atoms with E-state index in [1.165, 1.54) is 24.3 Å². The average molecular weight is 583 g/mol. The van der Waals surface area contributed by atoms with Crippen LogP contribution in [0.5, 0.6) is 0 Å². The van der Waals surface area contributed by atoms with Crippen molar-refractivity contribution < 1.29 is 23.1 Å². The molecule has 0 aliphatic heterocycles. The quantitative estimate of drug-likeness (QED) is 0.212. The summed E-state index contributed by atoms with van der Waals surface area (Å²) in [5.41, 5.74) is 3.54. The fraction of sp³-hybridized carbons (Fsp3) is 0.235. The molecule has 4 aromatic rings. The van der Waals surface area contributed by atoms with Gasteiger partial charge in [0.05, 0.1) is 39.7 Å². The molecule has 0 aliphatic rings. The Bertz CT molecular complexity index is 1630. The molecule has 8 heteroatoms. The molecule has 7 nitrogen and oxygen atoms in total. The zero-order chi connectivity index (χ0) is 30.1. The summed E-state index contributed by atoms with van der Waals surface area (Å²) in [6.45, 7) is 5.01. The number of benzene rings is 4. The Morgan fingerprint density at radius 3 is 2.17 bits per heavy atom. The summed E-state index contributed by atoms with van der Waals surface area (Å²) in [4.78, 5) is 14.4. The van der Waals surface area contributed by atoms with E-state index in [0.717, 1.165) is 11.1 Å². The third-order valence-corrected chi connectivity index (χ3v) is 8.89. The van der Waals surface area contributed by atoms with E-state index in [9.17, 15) is 23.6 Å². The van der Waals surface area contributed by atoms with E-state index in [0.29, 0.717) is 36.2 Å². The number of nitriles is 1. The largest absolute Gasteiger partial charge is 0.462 e. The van der Waals surface area contributed by atoms with Gasteiger partial charge in [0.25, 0.3) is 0 Å². The van der Waals surface area contributed by atoms with Crippen LogP contribution in [0.4, 0.5) is 0 Å². The van der Waals surface area contributed by atoms with Crippen LogP contribution in [-0.4, -0.2) is 43.6 Å². The number of hydrogen-bond donors (Lipinski definition) is 1. The highest BCUT2D eigenvalue weighted by atomic mass is 32.2. The lowest BCUT2D eigenvalue weighted by atomic mass is 10.0. The zero-order valence-corrected chi connectivity index (χ0v) is 24.5. The van der Waals surface area contributed by atoms with Crippen molar-refractivity contribution in [2.24, 2.45) is 0 Å². The summed E-state index contributed by atoms with van der Waals surface area (Å²) in [7, 11) is -3.77. The van der Waals surface area contributed by atoms with Gasteiger partial charge in [0.15, 0.2) is 0 Å². The molecule has 0 radical (unpaired) electrons. The number of aliphatic hydroxyl groups is 1. The molecule has 4 aromatic carbocycles. The van der Waals surface area contributed by atoms with Gasteiger partial charge < -0.3 is 9.84 Å². The van der Waals surface area contributed by atoms with Crippen LogP contribution >= 0.6 is 0 Å². The first kappa shape index (κ1) is 30.7. The first-order valence-electron chi connectivity index (χ1n) is 13.8. The van der Waals surface area contributed by atoms with Crippen molar-refractivity contribution in [3.63, 3.8) is 0 Å². The lowest BCUT2D eigenvalue weighted by Crippen LogP contribution is -2.37. The molecule has 0 saturated carbocycles. The van der Waals surface area contributed by atoms with E-state index in [-0.39, 0.29) is 22.4 Å².